The second kappa shape index (κ2) is 7.11. The van der Waals surface area contributed by atoms with Gasteiger partial charge in [-0.05, 0) is 29.7 Å². The standard InChI is InChI=1S/C17H26N2O4S/c1-17(2,3)13-16(20)18-9-11-19(12-10-18)24(21,22)15-7-5-14(23-4)6-8-15/h5-8H,9-13H2,1-4H3. The first-order valence-corrected chi connectivity index (χ1v) is 9.49. The van der Waals surface area contributed by atoms with Crippen molar-refractivity contribution in [2.45, 2.75) is 32.1 Å². The lowest BCUT2D eigenvalue weighted by atomic mass is 9.91. The maximum absolute atomic E-state index is 12.7. The number of amides is 1. The first-order chi connectivity index (χ1) is 11.1. The Bertz CT molecular complexity index is 670. The number of ether oxygens (including phenoxy) is 1. The van der Waals surface area contributed by atoms with Gasteiger partial charge in [-0.25, -0.2) is 8.42 Å². The fourth-order valence-corrected chi connectivity index (χ4v) is 4.06. The number of rotatable bonds is 4. The van der Waals surface area contributed by atoms with Crippen LogP contribution < -0.4 is 4.74 Å². The van der Waals surface area contributed by atoms with E-state index >= 15 is 0 Å². The summed E-state index contributed by atoms with van der Waals surface area (Å²) in [5.41, 5.74) is -0.0661. The molecule has 7 heteroatoms. The molecule has 0 aliphatic carbocycles. The van der Waals surface area contributed by atoms with Crippen molar-refractivity contribution >= 4 is 15.9 Å². The van der Waals surface area contributed by atoms with Crippen LogP contribution in [-0.2, 0) is 14.8 Å². The van der Waals surface area contributed by atoms with Crippen molar-refractivity contribution in [3.8, 4) is 5.75 Å². The van der Waals surface area contributed by atoms with E-state index in [0.717, 1.165) is 0 Å². The van der Waals surface area contributed by atoms with E-state index in [9.17, 15) is 13.2 Å². The molecule has 0 saturated carbocycles. The predicted molar refractivity (Wildman–Crippen MR) is 92.4 cm³/mol. The van der Waals surface area contributed by atoms with Gasteiger partial charge in [0.2, 0.25) is 15.9 Å². The molecule has 24 heavy (non-hydrogen) atoms. The van der Waals surface area contributed by atoms with Crippen molar-refractivity contribution in [2.75, 3.05) is 33.3 Å². The van der Waals surface area contributed by atoms with E-state index in [1.54, 1.807) is 29.2 Å². The second-order valence-corrected chi connectivity index (χ2v) is 9.14. The van der Waals surface area contributed by atoms with Crippen LogP contribution in [0.1, 0.15) is 27.2 Å². The maximum Gasteiger partial charge on any atom is 0.243 e. The minimum absolute atomic E-state index is 0.0661. The highest BCUT2D eigenvalue weighted by molar-refractivity contribution is 7.89. The number of benzene rings is 1. The fourth-order valence-electron chi connectivity index (χ4n) is 2.64. The van der Waals surface area contributed by atoms with E-state index in [1.807, 2.05) is 20.8 Å². The summed E-state index contributed by atoms with van der Waals surface area (Å²) < 4.78 is 31.8. The topological polar surface area (TPSA) is 66.9 Å². The minimum Gasteiger partial charge on any atom is -0.497 e. The highest BCUT2D eigenvalue weighted by Crippen LogP contribution is 2.23. The molecule has 1 aromatic carbocycles. The lowest BCUT2D eigenvalue weighted by molar-refractivity contribution is -0.134. The Morgan fingerprint density at radius 3 is 2.08 bits per heavy atom. The first kappa shape index (κ1) is 18.7. The summed E-state index contributed by atoms with van der Waals surface area (Å²) in [5, 5.41) is 0. The zero-order chi connectivity index (χ0) is 18.0. The fraction of sp³-hybridized carbons (Fsp3) is 0.588. The smallest absolute Gasteiger partial charge is 0.243 e. The molecule has 2 rings (SSSR count). The number of carbonyl (C=O) groups is 1. The van der Waals surface area contributed by atoms with Crippen LogP contribution in [0.3, 0.4) is 0 Å². The highest BCUT2D eigenvalue weighted by Gasteiger charge is 2.31. The number of sulfonamides is 1. The maximum atomic E-state index is 12.7. The molecular weight excluding hydrogens is 328 g/mol. The number of piperazine rings is 1. The van der Waals surface area contributed by atoms with Crippen LogP contribution in [0.25, 0.3) is 0 Å². The Labute approximate surface area is 144 Å². The molecule has 1 saturated heterocycles. The number of methoxy groups -OCH3 is 1. The van der Waals surface area contributed by atoms with Crippen molar-refractivity contribution in [1.82, 2.24) is 9.21 Å². The summed E-state index contributed by atoms with van der Waals surface area (Å²) in [6.45, 7) is 7.59. The zero-order valence-corrected chi connectivity index (χ0v) is 15.6. The molecule has 1 amide bonds. The van der Waals surface area contributed by atoms with Crippen LogP contribution in [0.5, 0.6) is 5.75 Å². The quantitative estimate of drug-likeness (QED) is 0.829. The number of hydrogen-bond donors (Lipinski definition) is 0. The van der Waals surface area contributed by atoms with E-state index in [-0.39, 0.29) is 16.2 Å². The third kappa shape index (κ3) is 4.48. The molecule has 0 atom stereocenters. The first-order valence-electron chi connectivity index (χ1n) is 8.05. The molecule has 0 bridgehead atoms. The molecule has 1 heterocycles. The van der Waals surface area contributed by atoms with E-state index in [0.29, 0.717) is 38.3 Å². The monoisotopic (exact) mass is 354 g/mol. The van der Waals surface area contributed by atoms with Gasteiger partial charge in [0.25, 0.3) is 0 Å². The van der Waals surface area contributed by atoms with Gasteiger partial charge in [0.05, 0.1) is 12.0 Å². The highest BCUT2D eigenvalue weighted by atomic mass is 32.2. The Morgan fingerprint density at radius 1 is 1.08 bits per heavy atom. The van der Waals surface area contributed by atoms with Gasteiger partial charge in [0.1, 0.15) is 5.75 Å². The molecule has 134 valence electrons. The average Bonchev–Trinajstić information content (AvgIpc) is 2.53. The molecule has 1 aliphatic rings. The van der Waals surface area contributed by atoms with Crippen LogP contribution in [0.2, 0.25) is 0 Å². The molecule has 0 N–H and O–H groups in total. The van der Waals surface area contributed by atoms with Crippen molar-refractivity contribution in [2.24, 2.45) is 5.41 Å². The summed E-state index contributed by atoms with van der Waals surface area (Å²) in [6, 6.07) is 6.36. The number of hydrogen-bond acceptors (Lipinski definition) is 4. The predicted octanol–water partition coefficient (Wildman–Crippen LogP) is 1.96. The minimum atomic E-state index is -3.53. The molecule has 1 aromatic rings. The molecule has 1 aliphatic heterocycles. The lowest BCUT2D eigenvalue weighted by Gasteiger charge is -2.35. The van der Waals surface area contributed by atoms with E-state index in [2.05, 4.69) is 0 Å². The van der Waals surface area contributed by atoms with Gasteiger partial charge >= 0.3 is 0 Å². The SMILES string of the molecule is COc1ccc(S(=O)(=O)N2CCN(C(=O)CC(C)(C)C)CC2)cc1. The van der Waals surface area contributed by atoms with Crippen molar-refractivity contribution in [3.05, 3.63) is 24.3 Å². The largest absolute Gasteiger partial charge is 0.497 e. The van der Waals surface area contributed by atoms with Crippen LogP contribution in [0.4, 0.5) is 0 Å². The van der Waals surface area contributed by atoms with Crippen LogP contribution >= 0.6 is 0 Å². The summed E-state index contributed by atoms with van der Waals surface area (Å²) in [6.07, 6.45) is 0.470. The van der Waals surface area contributed by atoms with E-state index < -0.39 is 10.0 Å². The number of nitrogens with zero attached hydrogens (tertiary/aromatic N) is 2. The Hall–Kier alpha value is -1.60. The Balaban J connectivity index is 2.01. The van der Waals surface area contributed by atoms with Crippen LogP contribution in [-0.4, -0.2) is 56.8 Å². The van der Waals surface area contributed by atoms with Crippen LogP contribution in [0.15, 0.2) is 29.2 Å². The molecule has 6 nitrogen and oxygen atoms in total. The van der Waals surface area contributed by atoms with Gasteiger partial charge in [0, 0.05) is 32.6 Å². The third-order valence-corrected chi connectivity index (χ3v) is 5.88. The lowest BCUT2D eigenvalue weighted by Crippen LogP contribution is -2.50. The average molecular weight is 354 g/mol. The van der Waals surface area contributed by atoms with Crippen molar-refractivity contribution in [3.63, 3.8) is 0 Å². The molecule has 0 radical (unpaired) electrons. The molecule has 0 aromatic heterocycles. The Kier molecular flexibility index (Phi) is 5.55. The second-order valence-electron chi connectivity index (χ2n) is 7.20. The summed E-state index contributed by atoms with van der Waals surface area (Å²) in [4.78, 5) is 14.3. The van der Waals surface area contributed by atoms with Gasteiger partial charge in [-0.15, -0.1) is 0 Å². The van der Waals surface area contributed by atoms with Gasteiger partial charge in [-0.3, -0.25) is 4.79 Å². The Morgan fingerprint density at radius 2 is 1.62 bits per heavy atom. The number of carbonyl (C=O) groups excluding carboxylic acids is 1. The normalized spacial score (nSPS) is 16.9. The molecule has 0 unspecified atom stereocenters. The summed E-state index contributed by atoms with van der Waals surface area (Å²) in [7, 11) is -1.99. The van der Waals surface area contributed by atoms with E-state index in [4.69, 9.17) is 4.74 Å². The molecule has 1 fully saturated rings. The molecular formula is C17H26N2O4S. The van der Waals surface area contributed by atoms with Crippen LogP contribution in [0, 0.1) is 5.41 Å². The summed E-state index contributed by atoms with van der Waals surface area (Å²) in [5.74, 6) is 0.704. The van der Waals surface area contributed by atoms with Gasteiger partial charge in [-0.1, -0.05) is 20.8 Å². The zero-order valence-electron chi connectivity index (χ0n) is 14.8. The van der Waals surface area contributed by atoms with Gasteiger partial charge in [0.15, 0.2) is 0 Å². The van der Waals surface area contributed by atoms with Crippen molar-refractivity contribution in [1.29, 1.82) is 0 Å². The molecule has 0 spiro atoms. The van der Waals surface area contributed by atoms with Crippen molar-refractivity contribution < 1.29 is 17.9 Å². The van der Waals surface area contributed by atoms with Gasteiger partial charge in [-0.2, -0.15) is 4.31 Å². The summed E-state index contributed by atoms with van der Waals surface area (Å²) >= 11 is 0. The third-order valence-electron chi connectivity index (χ3n) is 3.97. The van der Waals surface area contributed by atoms with Gasteiger partial charge < -0.3 is 9.64 Å². The van der Waals surface area contributed by atoms with E-state index in [1.165, 1.54) is 11.4 Å².